The van der Waals surface area contributed by atoms with E-state index in [1.54, 1.807) is 7.11 Å². The minimum Gasteiger partial charge on any atom is -0.504 e. The number of hydrogen-bond donors (Lipinski definition) is 1. The van der Waals surface area contributed by atoms with Gasteiger partial charge in [0.15, 0.2) is 11.5 Å². The molecule has 5 rings (SSSR count). The van der Waals surface area contributed by atoms with Crippen LogP contribution in [0.4, 0.5) is 0 Å². The third-order valence-corrected chi connectivity index (χ3v) is 7.17. The van der Waals surface area contributed by atoms with Gasteiger partial charge in [-0.15, -0.1) is 11.8 Å². The van der Waals surface area contributed by atoms with Gasteiger partial charge in [-0.25, -0.2) is 4.98 Å². The minimum atomic E-state index is 0.229. The van der Waals surface area contributed by atoms with Crippen molar-refractivity contribution in [2.75, 3.05) is 20.2 Å². The number of aromatic hydroxyl groups is 1. The van der Waals surface area contributed by atoms with Gasteiger partial charge in [-0.05, 0) is 62.7 Å². The second-order valence-corrected chi connectivity index (χ2v) is 9.12. The molecule has 4 nitrogen and oxygen atoms in total. The number of ether oxygens (including phenoxy) is 1. The Bertz CT molecular complexity index is 1090. The number of piperidine rings is 1. The second kappa shape index (κ2) is 7.54. The maximum atomic E-state index is 11.0. The highest BCUT2D eigenvalue weighted by Crippen LogP contribution is 2.44. The molecule has 3 aromatic rings. The summed E-state index contributed by atoms with van der Waals surface area (Å²) in [5.41, 5.74) is 6.53. The lowest BCUT2D eigenvalue weighted by Crippen LogP contribution is -2.29. The van der Waals surface area contributed by atoms with Crippen LogP contribution in [-0.2, 0) is 12.3 Å². The van der Waals surface area contributed by atoms with Crippen LogP contribution in [-0.4, -0.2) is 35.2 Å². The number of likely N-dealkylation sites (tertiary alicyclic amines) is 1. The summed E-state index contributed by atoms with van der Waals surface area (Å²) in [6.45, 7) is 4.98. The Morgan fingerprint density at radius 3 is 2.76 bits per heavy atom. The van der Waals surface area contributed by atoms with Gasteiger partial charge >= 0.3 is 0 Å². The summed E-state index contributed by atoms with van der Waals surface area (Å²) in [5, 5.41) is 12.0. The number of pyridine rings is 1. The highest BCUT2D eigenvalue weighted by molar-refractivity contribution is 7.98. The average Bonchev–Trinajstić information content (AvgIpc) is 2.75. The molecule has 1 fully saturated rings. The van der Waals surface area contributed by atoms with Gasteiger partial charge in [0.25, 0.3) is 0 Å². The summed E-state index contributed by atoms with van der Waals surface area (Å²) in [7, 11) is 1.62. The topological polar surface area (TPSA) is 45.6 Å². The Hall–Kier alpha value is -2.24. The number of methoxy groups -OCH3 is 1. The maximum absolute atomic E-state index is 11.0. The van der Waals surface area contributed by atoms with Crippen LogP contribution in [0.5, 0.6) is 11.5 Å². The van der Waals surface area contributed by atoms with Gasteiger partial charge in [0, 0.05) is 33.7 Å². The Labute approximate surface area is 175 Å². The van der Waals surface area contributed by atoms with Crippen LogP contribution in [0.15, 0.2) is 35.2 Å². The highest BCUT2D eigenvalue weighted by Gasteiger charge is 2.23. The predicted molar refractivity (Wildman–Crippen MR) is 119 cm³/mol. The predicted octanol–water partition coefficient (Wildman–Crippen LogP) is 5.52. The number of fused-ring (bicyclic) bond motifs is 4. The molecule has 5 heteroatoms. The van der Waals surface area contributed by atoms with Crippen LogP contribution in [0, 0.1) is 6.92 Å². The van der Waals surface area contributed by atoms with Gasteiger partial charge in [-0.1, -0.05) is 18.1 Å². The third-order valence-electron chi connectivity index (χ3n) is 6.05. The molecule has 0 unspecified atom stereocenters. The largest absolute Gasteiger partial charge is 0.504 e. The molecule has 0 amide bonds. The fourth-order valence-electron chi connectivity index (χ4n) is 4.49. The van der Waals surface area contributed by atoms with E-state index in [4.69, 9.17) is 9.72 Å². The molecule has 0 bridgehead atoms. The van der Waals surface area contributed by atoms with E-state index in [-0.39, 0.29) is 5.75 Å². The molecule has 0 atom stereocenters. The fourth-order valence-corrected chi connectivity index (χ4v) is 5.50. The lowest BCUT2D eigenvalue weighted by Gasteiger charge is -2.28. The van der Waals surface area contributed by atoms with Crippen molar-refractivity contribution in [3.05, 3.63) is 47.0 Å². The molecule has 2 aromatic carbocycles. The monoisotopic (exact) mass is 406 g/mol. The summed E-state index contributed by atoms with van der Waals surface area (Å²) in [6, 6.07) is 10.7. The van der Waals surface area contributed by atoms with Crippen molar-refractivity contribution in [1.29, 1.82) is 0 Å². The minimum absolute atomic E-state index is 0.229. The molecular weight excluding hydrogens is 380 g/mol. The molecule has 0 radical (unpaired) electrons. The second-order valence-electron chi connectivity index (χ2n) is 8.10. The summed E-state index contributed by atoms with van der Waals surface area (Å²) in [4.78, 5) is 8.85. The summed E-state index contributed by atoms with van der Waals surface area (Å²) in [6.07, 6.45) is 3.73. The van der Waals surface area contributed by atoms with Crippen LogP contribution >= 0.6 is 11.8 Å². The van der Waals surface area contributed by atoms with Gasteiger partial charge < -0.3 is 9.84 Å². The zero-order valence-electron chi connectivity index (χ0n) is 17.0. The van der Waals surface area contributed by atoms with Crippen LogP contribution < -0.4 is 4.74 Å². The molecule has 3 heterocycles. The molecule has 150 valence electrons. The van der Waals surface area contributed by atoms with Crippen molar-refractivity contribution in [2.24, 2.45) is 0 Å². The first kappa shape index (κ1) is 18.8. The molecule has 29 heavy (non-hydrogen) atoms. The summed E-state index contributed by atoms with van der Waals surface area (Å²) in [5.74, 6) is 1.68. The number of aromatic nitrogens is 1. The van der Waals surface area contributed by atoms with Crippen molar-refractivity contribution in [1.82, 2.24) is 9.88 Å². The molecular formula is C24H26N2O2S. The number of phenols is 1. The van der Waals surface area contributed by atoms with Crippen molar-refractivity contribution < 1.29 is 9.84 Å². The number of thioether (sulfide) groups is 1. The van der Waals surface area contributed by atoms with Gasteiger partial charge in [0.1, 0.15) is 0 Å². The summed E-state index contributed by atoms with van der Waals surface area (Å²) >= 11 is 1.87. The Kier molecular flexibility index (Phi) is 4.88. The van der Waals surface area contributed by atoms with E-state index in [0.717, 1.165) is 41.0 Å². The normalized spacial score (nSPS) is 16.5. The number of nitrogens with zero attached hydrogens (tertiary/aromatic N) is 2. The number of hydrogen-bond acceptors (Lipinski definition) is 5. The first-order valence-corrected chi connectivity index (χ1v) is 11.3. The van der Waals surface area contributed by atoms with Crippen LogP contribution in [0.3, 0.4) is 0 Å². The lowest BCUT2D eigenvalue weighted by molar-refractivity contribution is 0.218. The van der Waals surface area contributed by atoms with Crippen molar-refractivity contribution in [3.63, 3.8) is 0 Å². The molecule has 0 spiro atoms. The molecule has 0 saturated carbocycles. The number of aryl methyl sites for hydroxylation is 1. The van der Waals surface area contributed by atoms with E-state index in [2.05, 4.69) is 36.1 Å². The quantitative estimate of drug-likeness (QED) is 0.621. The number of phenolic OH excluding ortho intramolecular Hbond substituents is 1. The zero-order chi connectivity index (χ0) is 20.0. The Morgan fingerprint density at radius 2 is 1.97 bits per heavy atom. The van der Waals surface area contributed by atoms with Crippen molar-refractivity contribution in [3.8, 4) is 22.8 Å². The molecule has 2 aliphatic rings. The van der Waals surface area contributed by atoms with Crippen molar-refractivity contribution in [2.45, 2.75) is 43.4 Å². The molecule has 1 saturated heterocycles. The van der Waals surface area contributed by atoms with Gasteiger partial charge in [-0.3, -0.25) is 4.90 Å². The zero-order valence-corrected chi connectivity index (χ0v) is 17.8. The van der Waals surface area contributed by atoms with Gasteiger partial charge in [-0.2, -0.15) is 0 Å². The first-order chi connectivity index (χ1) is 14.1. The van der Waals surface area contributed by atoms with Crippen molar-refractivity contribution >= 4 is 22.7 Å². The Balaban J connectivity index is 1.70. The molecule has 1 N–H and O–H groups in total. The number of rotatable bonds is 3. The lowest BCUT2D eigenvalue weighted by atomic mass is 9.99. The van der Waals surface area contributed by atoms with E-state index < -0.39 is 0 Å². The average molecular weight is 407 g/mol. The molecule has 2 aliphatic heterocycles. The highest BCUT2D eigenvalue weighted by atomic mass is 32.2. The summed E-state index contributed by atoms with van der Waals surface area (Å²) < 4.78 is 5.50. The first-order valence-electron chi connectivity index (χ1n) is 10.3. The van der Waals surface area contributed by atoms with Gasteiger partial charge in [0.05, 0.1) is 18.3 Å². The standard InChI is InChI=1S/C24H26N2O2S/c1-15-6-7-21-18(10-15)23-17(14-29-21)11-16-12-20(28-2)24(27)19(22(16)25-23)13-26-8-4-3-5-9-26/h6-7,10-12,27H,3-5,8-9,13-14H2,1-2H3. The van der Waals surface area contributed by atoms with E-state index in [1.165, 1.54) is 40.8 Å². The molecule has 1 aromatic heterocycles. The third kappa shape index (κ3) is 3.36. The Morgan fingerprint density at radius 1 is 1.14 bits per heavy atom. The number of benzene rings is 2. The van der Waals surface area contributed by atoms with E-state index in [1.807, 2.05) is 17.8 Å². The maximum Gasteiger partial charge on any atom is 0.164 e. The van der Waals surface area contributed by atoms with Crippen LogP contribution in [0.1, 0.15) is 36.0 Å². The van der Waals surface area contributed by atoms with E-state index in [9.17, 15) is 5.11 Å². The van der Waals surface area contributed by atoms with Crippen LogP contribution in [0.2, 0.25) is 0 Å². The van der Waals surface area contributed by atoms with Gasteiger partial charge in [0.2, 0.25) is 0 Å². The van der Waals surface area contributed by atoms with Crippen LogP contribution in [0.25, 0.3) is 22.2 Å². The SMILES string of the molecule is COc1cc2cc3c(nc2c(CN2CCCCC2)c1O)-c1cc(C)ccc1SC3. The van der Waals surface area contributed by atoms with E-state index in [0.29, 0.717) is 12.3 Å². The fraction of sp³-hybridized carbons (Fsp3) is 0.375. The smallest absolute Gasteiger partial charge is 0.164 e. The molecule has 0 aliphatic carbocycles. The van der Waals surface area contributed by atoms with E-state index >= 15 is 0 Å².